The van der Waals surface area contributed by atoms with Crippen LogP contribution < -0.4 is 9.75 Å². The van der Waals surface area contributed by atoms with Crippen LogP contribution in [-0.4, -0.2) is 27.7 Å². The highest BCUT2D eigenvalue weighted by molar-refractivity contribution is 9.10. The van der Waals surface area contributed by atoms with Crippen molar-refractivity contribution >= 4 is 44.2 Å². The summed E-state index contributed by atoms with van der Waals surface area (Å²) < 4.78 is 6.24. The Balaban J connectivity index is 1.53. The van der Waals surface area contributed by atoms with Crippen molar-refractivity contribution in [1.82, 2.24) is 9.97 Å². The van der Waals surface area contributed by atoms with Crippen LogP contribution in [0.4, 0.5) is 11.6 Å². The zero-order valence-electron chi connectivity index (χ0n) is 20.9. The maximum Gasteiger partial charge on any atom is 0.269 e. The van der Waals surface area contributed by atoms with Crippen molar-refractivity contribution in [3.63, 3.8) is 0 Å². The molecule has 192 valence electrons. The molecule has 8 nitrogen and oxygen atoms in total. The molecule has 5 aromatic rings. The molecule has 1 aromatic heterocycles. The van der Waals surface area contributed by atoms with Crippen LogP contribution in [0.1, 0.15) is 23.6 Å². The number of hydrogen-bond acceptors (Lipinski definition) is 7. The average Bonchev–Trinajstić information content (AvgIpc) is 3.43. The van der Waals surface area contributed by atoms with Crippen LogP contribution in [0.15, 0.2) is 107 Å². The molecule has 0 fully saturated rings. The lowest BCUT2D eigenvalue weighted by molar-refractivity contribution is -0.384. The largest absolute Gasteiger partial charge is 0.497 e. The second-order valence-electron chi connectivity index (χ2n) is 9.09. The first-order chi connectivity index (χ1) is 19.0. The van der Waals surface area contributed by atoms with Crippen molar-refractivity contribution in [2.45, 2.75) is 12.5 Å². The molecule has 0 spiro atoms. The number of hydrazone groups is 1. The third-order valence-electron chi connectivity index (χ3n) is 6.70. The third-order valence-corrected chi connectivity index (χ3v) is 7.19. The maximum atomic E-state index is 11.6. The SMILES string of the molecule is COc1ccc(C2=NN(c3nc(-c4ccccc4)c4cc(Br)ccc4n3)[C@H](c3cccc([N+](=O)[O-])c3)C2)cc1. The van der Waals surface area contributed by atoms with Gasteiger partial charge < -0.3 is 4.74 Å². The third kappa shape index (κ3) is 4.84. The van der Waals surface area contributed by atoms with Crippen molar-refractivity contribution in [3.05, 3.63) is 123 Å². The number of non-ortho nitro benzene ring substituents is 1. The Morgan fingerprint density at radius 3 is 2.46 bits per heavy atom. The van der Waals surface area contributed by atoms with E-state index in [2.05, 4.69) is 15.9 Å². The van der Waals surface area contributed by atoms with Gasteiger partial charge in [0.25, 0.3) is 5.69 Å². The summed E-state index contributed by atoms with van der Waals surface area (Å²) in [5, 5.41) is 19.2. The summed E-state index contributed by atoms with van der Waals surface area (Å²) in [6, 6.07) is 29.9. The number of nitrogens with zero attached hydrogens (tertiary/aromatic N) is 5. The fourth-order valence-corrected chi connectivity index (χ4v) is 5.13. The van der Waals surface area contributed by atoms with Crippen LogP contribution in [0, 0.1) is 10.1 Å². The van der Waals surface area contributed by atoms with Gasteiger partial charge >= 0.3 is 0 Å². The van der Waals surface area contributed by atoms with Crippen LogP contribution in [0.2, 0.25) is 0 Å². The lowest BCUT2D eigenvalue weighted by Gasteiger charge is -2.23. The van der Waals surface area contributed by atoms with E-state index in [1.54, 1.807) is 24.3 Å². The summed E-state index contributed by atoms with van der Waals surface area (Å²) in [6.45, 7) is 0. The number of hydrogen-bond donors (Lipinski definition) is 0. The van der Waals surface area contributed by atoms with Crippen molar-refractivity contribution in [2.75, 3.05) is 12.1 Å². The molecule has 1 atom stereocenters. The molecule has 4 aromatic carbocycles. The Bertz CT molecular complexity index is 1720. The Labute approximate surface area is 232 Å². The second kappa shape index (κ2) is 10.3. The number of fused-ring (bicyclic) bond motifs is 1. The fourth-order valence-electron chi connectivity index (χ4n) is 4.76. The highest BCUT2D eigenvalue weighted by atomic mass is 79.9. The molecule has 0 saturated heterocycles. The standard InChI is InChI=1S/C30H22BrN5O3/c1-39-24-13-10-19(11-14-24)27-18-28(21-8-5-9-23(16-21)36(37)38)35(34-27)30-32-26-15-12-22(31)17-25(26)29(33-30)20-6-3-2-4-7-20/h2-17,28H,18H2,1H3/t28-/m0/s1. The van der Waals surface area contributed by atoms with E-state index in [0.29, 0.717) is 12.4 Å². The van der Waals surface area contributed by atoms with Crippen LogP contribution in [0.25, 0.3) is 22.2 Å². The highest BCUT2D eigenvalue weighted by Gasteiger charge is 2.33. The van der Waals surface area contributed by atoms with Gasteiger partial charge in [0.1, 0.15) is 5.75 Å². The van der Waals surface area contributed by atoms with E-state index in [9.17, 15) is 10.1 Å². The van der Waals surface area contributed by atoms with Crippen LogP contribution in [0.5, 0.6) is 5.75 Å². The van der Waals surface area contributed by atoms with E-state index in [0.717, 1.165) is 49.2 Å². The maximum absolute atomic E-state index is 11.6. The predicted octanol–water partition coefficient (Wildman–Crippen LogP) is 7.33. The highest BCUT2D eigenvalue weighted by Crippen LogP contribution is 2.39. The number of benzene rings is 4. The summed E-state index contributed by atoms with van der Waals surface area (Å²) in [5.41, 5.74) is 5.05. The van der Waals surface area contributed by atoms with E-state index >= 15 is 0 Å². The van der Waals surface area contributed by atoms with Gasteiger partial charge in [0.05, 0.1) is 35.0 Å². The van der Waals surface area contributed by atoms with Gasteiger partial charge in [-0.05, 0) is 53.6 Å². The summed E-state index contributed by atoms with van der Waals surface area (Å²) in [7, 11) is 1.63. The Morgan fingerprint density at radius 1 is 0.923 bits per heavy atom. The number of methoxy groups -OCH3 is 1. The van der Waals surface area contributed by atoms with Crippen molar-refractivity contribution in [2.24, 2.45) is 5.10 Å². The Kier molecular flexibility index (Phi) is 6.50. The first-order valence-corrected chi connectivity index (χ1v) is 13.1. The van der Waals surface area contributed by atoms with Gasteiger partial charge in [-0.15, -0.1) is 0 Å². The molecule has 2 heterocycles. The predicted molar refractivity (Wildman–Crippen MR) is 155 cm³/mol. The number of nitro benzene ring substituents is 1. The summed E-state index contributed by atoms with van der Waals surface area (Å²) in [5.74, 6) is 1.17. The fraction of sp³-hybridized carbons (Fsp3) is 0.100. The van der Waals surface area contributed by atoms with E-state index in [4.69, 9.17) is 19.8 Å². The molecule has 6 rings (SSSR count). The molecule has 0 radical (unpaired) electrons. The minimum absolute atomic E-state index is 0.0274. The number of halogens is 1. The van der Waals surface area contributed by atoms with Crippen LogP contribution >= 0.6 is 15.9 Å². The van der Waals surface area contributed by atoms with E-state index in [-0.39, 0.29) is 16.7 Å². The van der Waals surface area contributed by atoms with Gasteiger partial charge in [0.2, 0.25) is 5.95 Å². The lowest BCUT2D eigenvalue weighted by Crippen LogP contribution is -2.21. The molecule has 0 amide bonds. The normalized spacial score (nSPS) is 14.9. The van der Waals surface area contributed by atoms with E-state index in [1.165, 1.54) is 6.07 Å². The molecule has 0 unspecified atom stereocenters. The molecule has 0 bridgehead atoms. The minimum atomic E-state index is -0.383. The molecule has 1 aliphatic rings. The summed E-state index contributed by atoms with van der Waals surface area (Å²) in [4.78, 5) is 21.1. The molecule has 0 aliphatic carbocycles. The molecule has 0 saturated carbocycles. The molecular formula is C30H22BrN5O3. The first-order valence-electron chi connectivity index (χ1n) is 12.3. The summed E-state index contributed by atoms with van der Waals surface area (Å²) in [6.07, 6.45) is 0.524. The zero-order valence-corrected chi connectivity index (χ0v) is 22.4. The number of aromatic nitrogens is 2. The molecule has 39 heavy (non-hydrogen) atoms. The molecule has 1 aliphatic heterocycles. The second-order valence-corrected chi connectivity index (χ2v) is 10.0. The minimum Gasteiger partial charge on any atom is -0.497 e. The van der Waals surface area contributed by atoms with Crippen LogP contribution in [0.3, 0.4) is 0 Å². The van der Waals surface area contributed by atoms with E-state index in [1.807, 2.05) is 78.9 Å². The average molecular weight is 580 g/mol. The number of ether oxygens (including phenoxy) is 1. The zero-order chi connectivity index (χ0) is 26.9. The number of rotatable bonds is 6. The van der Waals surface area contributed by atoms with Gasteiger partial charge in [-0.3, -0.25) is 10.1 Å². The van der Waals surface area contributed by atoms with Gasteiger partial charge in [0, 0.05) is 34.0 Å². The van der Waals surface area contributed by atoms with Gasteiger partial charge in [-0.25, -0.2) is 15.0 Å². The first kappa shape index (κ1) is 24.7. The summed E-state index contributed by atoms with van der Waals surface area (Å²) >= 11 is 3.57. The Morgan fingerprint density at radius 2 is 1.72 bits per heavy atom. The number of nitro groups is 1. The molecule has 0 N–H and O–H groups in total. The van der Waals surface area contributed by atoms with Crippen molar-refractivity contribution in [3.8, 4) is 17.0 Å². The Hall–Kier alpha value is -4.63. The number of anilines is 1. The van der Waals surface area contributed by atoms with Crippen LogP contribution in [-0.2, 0) is 0 Å². The van der Waals surface area contributed by atoms with Crippen molar-refractivity contribution < 1.29 is 9.66 Å². The molecular weight excluding hydrogens is 558 g/mol. The monoisotopic (exact) mass is 579 g/mol. The van der Waals surface area contributed by atoms with Gasteiger partial charge in [0.15, 0.2) is 0 Å². The lowest BCUT2D eigenvalue weighted by atomic mass is 9.98. The van der Waals surface area contributed by atoms with Gasteiger partial charge in [-0.1, -0.05) is 58.4 Å². The van der Waals surface area contributed by atoms with E-state index < -0.39 is 0 Å². The van der Waals surface area contributed by atoms with Gasteiger partial charge in [-0.2, -0.15) is 5.10 Å². The quantitative estimate of drug-likeness (QED) is 0.154. The smallest absolute Gasteiger partial charge is 0.269 e. The topological polar surface area (TPSA) is 93.8 Å². The molecule has 9 heteroatoms. The van der Waals surface area contributed by atoms with Crippen molar-refractivity contribution in [1.29, 1.82) is 0 Å².